The Labute approximate surface area is 180 Å². The molecule has 0 heteroatoms. The average molecular weight is 393 g/mol. The van der Waals surface area contributed by atoms with Crippen LogP contribution in [0.1, 0.15) is 107 Å². The van der Waals surface area contributed by atoms with Gasteiger partial charge in [-0.15, -0.1) is 6.58 Å². The molecule has 0 aliphatic heterocycles. The summed E-state index contributed by atoms with van der Waals surface area (Å²) >= 11 is 0. The summed E-state index contributed by atoms with van der Waals surface area (Å²) in [6.45, 7) is 6.25. The number of benzene rings is 1. The van der Waals surface area contributed by atoms with Crippen LogP contribution in [-0.4, -0.2) is 0 Å². The first-order chi connectivity index (χ1) is 14.2. The molecule has 4 unspecified atom stereocenters. The maximum Gasteiger partial charge on any atom is -0.0100 e. The van der Waals surface area contributed by atoms with Crippen LogP contribution in [0.2, 0.25) is 0 Å². The third-order valence-corrected chi connectivity index (χ3v) is 9.08. The van der Waals surface area contributed by atoms with E-state index in [1.54, 1.807) is 18.4 Å². The molecular weight excluding hydrogens is 348 g/mol. The molecule has 0 heterocycles. The van der Waals surface area contributed by atoms with Crippen LogP contribution in [0.5, 0.6) is 0 Å². The van der Waals surface area contributed by atoms with E-state index in [-0.39, 0.29) is 0 Å². The molecule has 0 saturated heterocycles. The molecule has 0 nitrogen and oxygen atoms in total. The Morgan fingerprint density at radius 3 is 2.10 bits per heavy atom. The standard InChI is InChI=1S/C29H44/c1-3-5-23-12-15-26(16-13-23)28-19-18-27-20-25(14-17-29(27)21-28)11-10-24-8-6-22(4-2)7-9-24/h3,12-13,15-16,22,24-25,27-29H,1,4-11,14,17-21H2,2H3. The number of rotatable bonds is 7. The lowest BCUT2D eigenvalue weighted by molar-refractivity contribution is 0.109. The first kappa shape index (κ1) is 21.2. The lowest BCUT2D eigenvalue weighted by atomic mass is 9.63. The van der Waals surface area contributed by atoms with Crippen molar-refractivity contribution in [2.75, 3.05) is 0 Å². The van der Waals surface area contributed by atoms with Crippen molar-refractivity contribution in [1.82, 2.24) is 0 Å². The minimum atomic E-state index is 0.819. The number of fused-ring (bicyclic) bond motifs is 1. The monoisotopic (exact) mass is 392 g/mol. The van der Waals surface area contributed by atoms with Crippen LogP contribution >= 0.6 is 0 Å². The van der Waals surface area contributed by atoms with Crippen LogP contribution in [0.25, 0.3) is 0 Å². The third-order valence-electron chi connectivity index (χ3n) is 9.08. The zero-order valence-corrected chi connectivity index (χ0v) is 19.0. The largest absolute Gasteiger partial charge is 0.103 e. The Morgan fingerprint density at radius 1 is 0.759 bits per heavy atom. The van der Waals surface area contributed by atoms with Crippen LogP contribution in [0, 0.1) is 29.6 Å². The van der Waals surface area contributed by atoms with Gasteiger partial charge < -0.3 is 0 Å². The van der Waals surface area contributed by atoms with Gasteiger partial charge in [0, 0.05) is 0 Å². The van der Waals surface area contributed by atoms with Gasteiger partial charge in [-0.05, 0) is 85.2 Å². The van der Waals surface area contributed by atoms with Gasteiger partial charge in [0.05, 0.1) is 0 Å². The number of hydrogen-bond acceptors (Lipinski definition) is 0. The molecule has 3 aliphatic rings. The Kier molecular flexibility index (Phi) is 7.54. The van der Waals surface area contributed by atoms with Gasteiger partial charge in [-0.1, -0.05) is 88.6 Å². The quantitative estimate of drug-likeness (QED) is 0.407. The first-order valence-corrected chi connectivity index (χ1v) is 12.9. The van der Waals surface area contributed by atoms with Crippen molar-refractivity contribution in [2.24, 2.45) is 29.6 Å². The molecule has 0 amide bonds. The molecular formula is C29H44. The van der Waals surface area contributed by atoms with Crippen LogP contribution < -0.4 is 0 Å². The highest BCUT2D eigenvalue weighted by Gasteiger charge is 2.36. The van der Waals surface area contributed by atoms with Crippen molar-refractivity contribution in [3.63, 3.8) is 0 Å². The summed E-state index contributed by atoms with van der Waals surface area (Å²) < 4.78 is 0. The number of hydrogen-bond donors (Lipinski definition) is 0. The van der Waals surface area contributed by atoms with Crippen molar-refractivity contribution in [2.45, 2.75) is 103 Å². The van der Waals surface area contributed by atoms with Gasteiger partial charge in [0.2, 0.25) is 0 Å². The van der Waals surface area contributed by atoms with Gasteiger partial charge in [0.25, 0.3) is 0 Å². The first-order valence-electron chi connectivity index (χ1n) is 12.9. The molecule has 0 bridgehead atoms. The molecule has 3 saturated carbocycles. The van der Waals surface area contributed by atoms with E-state index < -0.39 is 0 Å². The Hall–Kier alpha value is -1.04. The van der Waals surface area contributed by atoms with Gasteiger partial charge in [-0.3, -0.25) is 0 Å². The van der Waals surface area contributed by atoms with E-state index in [9.17, 15) is 0 Å². The summed E-state index contributed by atoms with van der Waals surface area (Å²) in [4.78, 5) is 0. The van der Waals surface area contributed by atoms with Gasteiger partial charge in [0.1, 0.15) is 0 Å². The molecule has 1 aromatic carbocycles. The van der Waals surface area contributed by atoms with E-state index in [1.165, 1.54) is 76.2 Å². The molecule has 160 valence electrons. The molecule has 4 atom stereocenters. The fourth-order valence-electron chi connectivity index (χ4n) is 7.04. The van der Waals surface area contributed by atoms with Crippen molar-refractivity contribution in [1.29, 1.82) is 0 Å². The van der Waals surface area contributed by atoms with Gasteiger partial charge in [-0.2, -0.15) is 0 Å². The molecule has 3 aliphatic carbocycles. The zero-order valence-electron chi connectivity index (χ0n) is 19.0. The van der Waals surface area contributed by atoms with Crippen molar-refractivity contribution in [3.05, 3.63) is 48.0 Å². The molecule has 4 rings (SSSR count). The lowest BCUT2D eigenvalue weighted by Crippen LogP contribution is -2.30. The normalized spacial score (nSPS) is 35.1. The lowest BCUT2D eigenvalue weighted by Gasteiger charge is -2.43. The van der Waals surface area contributed by atoms with Crippen LogP contribution in [0.15, 0.2) is 36.9 Å². The second-order valence-electron chi connectivity index (χ2n) is 10.8. The predicted molar refractivity (Wildman–Crippen MR) is 126 cm³/mol. The van der Waals surface area contributed by atoms with E-state index in [2.05, 4.69) is 37.8 Å². The van der Waals surface area contributed by atoms with E-state index in [0.29, 0.717) is 0 Å². The summed E-state index contributed by atoms with van der Waals surface area (Å²) in [5.41, 5.74) is 3.00. The van der Waals surface area contributed by atoms with Gasteiger partial charge >= 0.3 is 0 Å². The molecule has 29 heavy (non-hydrogen) atoms. The maximum absolute atomic E-state index is 3.87. The zero-order chi connectivity index (χ0) is 20.1. The number of allylic oxidation sites excluding steroid dienone is 1. The van der Waals surface area contributed by atoms with Crippen LogP contribution in [0.4, 0.5) is 0 Å². The molecule has 1 aromatic rings. The third kappa shape index (κ3) is 5.56. The Morgan fingerprint density at radius 2 is 1.38 bits per heavy atom. The Balaban J connectivity index is 1.21. The van der Waals surface area contributed by atoms with Gasteiger partial charge in [0.15, 0.2) is 0 Å². The molecule has 0 radical (unpaired) electrons. The fraction of sp³-hybridized carbons (Fsp3) is 0.724. The van der Waals surface area contributed by atoms with Crippen molar-refractivity contribution >= 4 is 0 Å². The SMILES string of the molecule is C=CCc1ccc(C2CCC3CC(CCC4CCC(CC)CC4)CCC3C2)cc1. The minimum absolute atomic E-state index is 0.819. The topological polar surface area (TPSA) is 0 Å². The smallest absolute Gasteiger partial charge is 0.0100 e. The molecule has 0 N–H and O–H groups in total. The second kappa shape index (κ2) is 10.3. The molecule has 0 spiro atoms. The van der Waals surface area contributed by atoms with Crippen molar-refractivity contribution in [3.8, 4) is 0 Å². The highest BCUT2D eigenvalue weighted by atomic mass is 14.4. The molecule has 0 aromatic heterocycles. The highest BCUT2D eigenvalue weighted by molar-refractivity contribution is 5.27. The van der Waals surface area contributed by atoms with E-state index in [0.717, 1.165) is 41.9 Å². The predicted octanol–water partition coefficient (Wildman–Crippen LogP) is 8.71. The summed E-state index contributed by atoms with van der Waals surface area (Å²) in [5.74, 6) is 6.04. The fourth-order valence-corrected chi connectivity index (χ4v) is 7.04. The second-order valence-corrected chi connectivity index (χ2v) is 10.8. The highest BCUT2D eigenvalue weighted by Crippen LogP contribution is 2.48. The van der Waals surface area contributed by atoms with Crippen molar-refractivity contribution < 1.29 is 0 Å². The summed E-state index contributed by atoms with van der Waals surface area (Å²) in [6, 6.07) is 9.47. The average Bonchev–Trinajstić information content (AvgIpc) is 2.78. The minimum Gasteiger partial charge on any atom is -0.103 e. The summed E-state index contributed by atoms with van der Waals surface area (Å²) in [5, 5.41) is 0. The summed E-state index contributed by atoms with van der Waals surface area (Å²) in [7, 11) is 0. The van der Waals surface area contributed by atoms with Crippen LogP contribution in [0.3, 0.4) is 0 Å². The Bertz CT molecular complexity index is 618. The van der Waals surface area contributed by atoms with E-state index >= 15 is 0 Å². The van der Waals surface area contributed by atoms with Gasteiger partial charge in [-0.25, -0.2) is 0 Å². The van der Waals surface area contributed by atoms with Crippen LogP contribution in [-0.2, 0) is 6.42 Å². The van der Waals surface area contributed by atoms with E-state index in [1.807, 2.05) is 6.08 Å². The summed E-state index contributed by atoms with van der Waals surface area (Å²) in [6.07, 6.45) is 22.6. The maximum atomic E-state index is 3.87. The molecule has 3 fully saturated rings. The van der Waals surface area contributed by atoms with E-state index in [4.69, 9.17) is 0 Å².